The van der Waals surface area contributed by atoms with E-state index in [1.165, 1.54) is 12.1 Å². The van der Waals surface area contributed by atoms with Crippen molar-refractivity contribution >= 4 is 11.4 Å². The largest absolute Gasteiger partial charge is 0.454 e. The first kappa shape index (κ1) is 25.1. The van der Waals surface area contributed by atoms with E-state index in [0.717, 1.165) is 0 Å². The Bertz CT molecular complexity index is 998. The predicted molar refractivity (Wildman–Crippen MR) is 125 cm³/mol. The van der Waals surface area contributed by atoms with Crippen LogP contribution in [-0.4, -0.2) is 23.4 Å². The highest BCUT2D eigenvalue weighted by Gasteiger charge is 2.28. The zero-order valence-corrected chi connectivity index (χ0v) is 20.2. The molecule has 0 bridgehead atoms. The van der Waals surface area contributed by atoms with Gasteiger partial charge in [-0.15, -0.1) is 0 Å². The molecule has 0 radical (unpaired) electrons. The van der Waals surface area contributed by atoms with E-state index in [2.05, 4.69) is 0 Å². The summed E-state index contributed by atoms with van der Waals surface area (Å²) < 4.78 is 20.8. The van der Waals surface area contributed by atoms with Crippen LogP contribution in [0.15, 0.2) is 24.3 Å². The van der Waals surface area contributed by atoms with Gasteiger partial charge in [-0.3, -0.25) is 20.2 Å². The molecule has 0 saturated carbocycles. The summed E-state index contributed by atoms with van der Waals surface area (Å²) >= 11 is 0. The van der Waals surface area contributed by atoms with Gasteiger partial charge in [-0.05, 0) is 35.8 Å². The highest BCUT2D eigenvalue weighted by Crippen LogP contribution is 2.43. The van der Waals surface area contributed by atoms with Crippen molar-refractivity contribution in [2.45, 2.75) is 53.4 Å². The molecule has 2 aliphatic heterocycles. The molecule has 0 aliphatic carbocycles. The van der Waals surface area contributed by atoms with Crippen LogP contribution in [0.3, 0.4) is 0 Å². The summed E-state index contributed by atoms with van der Waals surface area (Å²) in [5, 5.41) is 22.1. The van der Waals surface area contributed by atoms with Crippen molar-refractivity contribution in [2.24, 2.45) is 11.8 Å². The third-order valence-electron chi connectivity index (χ3n) is 6.42. The van der Waals surface area contributed by atoms with Crippen LogP contribution in [0.5, 0.6) is 23.0 Å². The first-order valence-electron chi connectivity index (χ1n) is 11.2. The van der Waals surface area contributed by atoms with E-state index < -0.39 is 0 Å². The van der Waals surface area contributed by atoms with Crippen molar-refractivity contribution in [3.8, 4) is 23.0 Å². The zero-order chi connectivity index (χ0) is 25.2. The molecule has 2 aromatic rings. The second-order valence-corrected chi connectivity index (χ2v) is 9.11. The molecule has 10 nitrogen and oxygen atoms in total. The number of fused-ring (bicyclic) bond motifs is 2. The second-order valence-electron chi connectivity index (χ2n) is 9.11. The number of nitro benzene ring substituents is 2. The van der Waals surface area contributed by atoms with Gasteiger partial charge in [-0.2, -0.15) is 0 Å². The Hall–Kier alpha value is -3.56. The maximum Gasteiger partial charge on any atom is 0.276 e. The predicted octanol–water partition coefficient (Wildman–Crippen LogP) is 6.17. The molecule has 0 saturated heterocycles. The number of hydrogen-bond donors (Lipinski definition) is 0. The van der Waals surface area contributed by atoms with Gasteiger partial charge in [0, 0.05) is 11.1 Å². The minimum Gasteiger partial charge on any atom is -0.454 e. The van der Waals surface area contributed by atoms with Gasteiger partial charge in [-0.25, -0.2) is 0 Å². The van der Waals surface area contributed by atoms with Crippen molar-refractivity contribution in [2.75, 3.05) is 13.6 Å². The smallest absolute Gasteiger partial charge is 0.276 e. The lowest BCUT2D eigenvalue weighted by Crippen LogP contribution is -2.05. The van der Waals surface area contributed by atoms with E-state index in [9.17, 15) is 20.2 Å². The molecular weight excluding hydrogens is 444 g/mol. The monoisotopic (exact) mass is 474 g/mol. The summed E-state index contributed by atoms with van der Waals surface area (Å²) in [4.78, 5) is 21.4. The molecule has 0 amide bonds. The van der Waals surface area contributed by atoms with Gasteiger partial charge in [0.15, 0.2) is 23.0 Å². The summed E-state index contributed by atoms with van der Waals surface area (Å²) in [5.41, 5.74) is 1.62. The van der Waals surface area contributed by atoms with E-state index in [0.29, 0.717) is 46.0 Å². The Morgan fingerprint density at radius 3 is 1.18 bits per heavy atom. The SMILES string of the molecule is CC(C)[C@@H](C)c1cc2c(cc1[N+](=O)[O-])OCO2.CC(C)[C@H](C)c1cc2c(cc1[N+](=O)[O-])OCO2. The molecule has 34 heavy (non-hydrogen) atoms. The molecular formula is C24H30N2O8. The minimum absolute atomic E-state index is 0.102. The van der Waals surface area contributed by atoms with Crippen LogP contribution in [0.4, 0.5) is 11.4 Å². The Labute approximate surface area is 198 Å². The molecule has 2 atom stereocenters. The van der Waals surface area contributed by atoms with Crippen molar-refractivity contribution in [1.82, 2.24) is 0 Å². The fraction of sp³-hybridized carbons (Fsp3) is 0.500. The van der Waals surface area contributed by atoms with E-state index in [1.807, 2.05) is 41.5 Å². The van der Waals surface area contributed by atoms with Crippen molar-refractivity contribution in [3.63, 3.8) is 0 Å². The average molecular weight is 475 g/mol. The number of nitrogens with zero attached hydrogens (tertiary/aromatic N) is 2. The topological polar surface area (TPSA) is 123 Å². The Kier molecular flexibility index (Phi) is 7.48. The number of hydrogen-bond acceptors (Lipinski definition) is 8. The van der Waals surface area contributed by atoms with Crippen LogP contribution in [0.25, 0.3) is 0 Å². The number of rotatable bonds is 6. The van der Waals surface area contributed by atoms with Crippen LogP contribution in [0, 0.1) is 32.1 Å². The lowest BCUT2D eigenvalue weighted by atomic mass is 9.89. The van der Waals surface area contributed by atoms with Gasteiger partial charge in [0.05, 0.1) is 22.0 Å². The fourth-order valence-corrected chi connectivity index (χ4v) is 3.66. The van der Waals surface area contributed by atoms with Gasteiger partial charge in [0.2, 0.25) is 13.6 Å². The number of ether oxygens (including phenoxy) is 4. The maximum atomic E-state index is 11.1. The minimum atomic E-state index is -0.365. The molecule has 184 valence electrons. The standard InChI is InChI=1S/2C12H15NO4/c2*1-7(2)8(3)9-4-11-12(17-6-16-11)5-10(9)13(14)15/h2*4-5,7-8H,6H2,1-3H3/t2*8-/m10/s1. The summed E-state index contributed by atoms with van der Waals surface area (Å²) in [6, 6.07) is 6.36. The summed E-state index contributed by atoms with van der Waals surface area (Å²) in [7, 11) is 0. The quantitative estimate of drug-likeness (QED) is 0.360. The van der Waals surface area contributed by atoms with Crippen LogP contribution in [-0.2, 0) is 0 Å². The molecule has 2 heterocycles. The van der Waals surface area contributed by atoms with Crippen LogP contribution >= 0.6 is 0 Å². The highest BCUT2D eigenvalue weighted by molar-refractivity contribution is 5.57. The van der Waals surface area contributed by atoms with Gasteiger partial charge in [0.1, 0.15) is 0 Å². The molecule has 2 aliphatic rings. The Morgan fingerprint density at radius 2 is 0.912 bits per heavy atom. The van der Waals surface area contributed by atoms with Crippen molar-refractivity contribution in [3.05, 3.63) is 55.6 Å². The highest BCUT2D eigenvalue weighted by atomic mass is 16.7. The number of benzene rings is 2. The summed E-state index contributed by atoms with van der Waals surface area (Å²) in [5.74, 6) is 2.96. The first-order chi connectivity index (χ1) is 16.0. The van der Waals surface area contributed by atoms with E-state index in [-0.39, 0.29) is 46.6 Å². The molecule has 10 heteroatoms. The Balaban J connectivity index is 0.000000191. The summed E-state index contributed by atoms with van der Waals surface area (Å²) in [6.45, 7) is 12.4. The first-order valence-corrected chi connectivity index (χ1v) is 11.2. The van der Waals surface area contributed by atoms with Crippen LogP contribution < -0.4 is 18.9 Å². The fourth-order valence-electron chi connectivity index (χ4n) is 3.66. The van der Waals surface area contributed by atoms with E-state index in [4.69, 9.17) is 18.9 Å². The normalized spacial score (nSPS) is 15.1. The van der Waals surface area contributed by atoms with Crippen LogP contribution in [0.1, 0.15) is 64.5 Å². The van der Waals surface area contributed by atoms with Gasteiger partial charge >= 0.3 is 0 Å². The molecule has 0 unspecified atom stereocenters. The van der Waals surface area contributed by atoms with Crippen molar-refractivity contribution in [1.29, 1.82) is 0 Å². The third-order valence-corrected chi connectivity index (χ3v) is 6.42. The second kappa shape index (κ2) is 10.1. The van der Waals surface area contributed by atoms with Crippen molar-refractivity contribution < 1.29 is 28.8 Å². The lowest BCUT2D eigenvalue weighted by molar-refractivity contribution is -0.386. The number of nitro groups is 2. The molecule has 4 rings (SSSR count). The molecule has 0 spiro atoms. The van der Waals surface area contributed by atoms with Gasteiger partial charge in [-0.1, -0.05) is 41.5 Å². The molecule has 0 N–H and O–H groups in total. The molecule has 0 fully saturated rings. The van der Waals surface area contributed by atoms with Gasteiger partial charge < -0.3 is 18.9 Å². The zero-order valence-electron chi connectivity index (χ0n) is 20.2. The molecule has 2 aromatic carbocycles. The van der Waals surface area contributed by atoms with Crippen LogP contribution in [0.2, 0.25) is 0 Å². The van der Waals surface area contributed by atoms with E-state index >= 15 is 0 Å². The van der Waals surface area contributed by atoms with E-state index in [1.54, 1.807) is 12.1 Å². The average Bonchev–Trinajstić information content (AvgIpc) is 3.44. The molecule has 0 aromatic heterocycles. The van der Waals surface area contributed by atoms with Gasteiger partial charge in [0.25, 0.3) is 11.4 Å². The maximum absolute atomic E-state index is 11.1. The Morgan fingerprint density at radius 1 is 0.618 bits per heavy atom. The lowest BCUT2D eigenvalue weighted by Gasteiger charge is -2.16. The summed E-state index contributed by atoms with van der Waals surface area (Å²) in [6.07, 6.45) is 0. The third kappa shape index (κ3) is 5.16.